The van der Waals surface area contributed by atoms with E-state index in [1.807, 2.05) is 24.3 Å². The standard InChI is InChI=1S/C14H11BrClNO/c15-11-3-1-9(2-4-11)5-14(18)10-6-12(16)8-13(17)7-10/h1-4,6-8H,5,17H2. The van der Waals surface area contributed by atoms with Crippen molar-refractivity contribution < 1.29 is 4.79 Å². The van der Waals surface area contributed by atoms with Gasteiger partial charge in [-0.2, -0.15) is 0 Å². The summed E-state index contributed by atoms with van der Waals surface area (Å²) in [5.41, 5.74) is 7.67. The Morgan fingerprint density at radius 1 is 1.17 bits per heavy atom. The number of halogens is 2. The Bertz CT molecular complexity index is 561. The molecule has 0 unspecified atom stereocenters. The van der Waals surface area contributed by atoms with Crippen LogP contribution in [-0.4, -0.2) is 5.78 Å². The third kappa shape index (κ3) is 3.34. The lowest BCUT2D eigenvalue weighted by molar-refractivity contribution is 0.0993. The number of anilines is 1. The molecule has 0 spiro atoms. The molecule has 2 rings (SSSR count). The number of Topliss-reactive ketones (excluding diaryl/α,β-unsaturated/α-hetero) is 1. The van der Waals surface area contributed by atoms with Gasteiger partial charge in [0.05, 0.1) is 0 Å². The molecule has 2 aromatic rings. The molecule has 0 aliphatic carbocycles. The number of hydrogen-bond acceptors (Lipinski definition) is 2. The van der Waals surface area contributed by atoms with E-state index in [0.29, 0.717) is 22.7 Å². The third-order valence-corrected chi connectivity index (χ3v) is 3.27. The van der Waals surface area contributed by atoms with Crippen LogP contribution < -0.4 is 5.73 Å². The van der Waals surface area contributed by atoms with Crippen LogP contribution in [0.25, 0.3) is 0 Å². The molecule has 2 N–H and O–H groups in total. The number of carbonyl (C=O) groups is 1. The minimum absolute atomic E-state index is 0.00604. The number of nitrogen functional groups attached to an aromatic ring is 1. The maximum Gasteiger partial charge on any atom is 0.167 e. The zero-order chi connectivity index (χ0) is 13.1. The van der Waals surface area contributed by atoms with Gasteiger partial charge in [-0.15, -0.1) is 0 Å². The van der Waals surface area contributed by atoms with Crippen molar-refractivity contribution in [2.24, 2.45) is 0 Å². The fourth-order valence-electron chi connectivity index (χ4n) is 1.66. The molecule has 0 fully saturated rings. The van der Waals surface area contributed by atoms with Crippen molar-refractivity contribution in [2.75, 3.05) is 5.73 Å². The smallest absolute Gasteiger partial charge is 0.167 e. The Kier molecular flexibility index (Phi) is 4.04. The van der Waals surface area contributed by atoms with Gasteiger partial charge in [0.15, 0.2) is 5.78 Å². The molecule has 2 aromatic carbocycles. The average Bonchev–Trinajstić information content (AvgIpc) is 2.31. The topological polar surface area (TPSA) is 43.1 Å². The first-order valence-corrected chi connectivity index (χ1v) is 6.55. The Labute approximate surface area is 119 Å². The summed E-state index contributed by atoms with van der Waals surface area (Å²) in [5.74, 6) is 0.00604. The molecule has 0 amide bonds. The second kappa shape index (κ2) is 5.55. The number of benzene rings is 2. The first kappa shape index (κ1) is 13.1. The highest BCUT2D eigenvalue weighted by atomic mass is 79.9. The lowest BCUT2D eigenvalue weighted by Gasteiger charge is -2.04. The minimum Gasteiger partial charge on any atom is -0.399 e. The average molecular weight is 325 g/mol. The van der Waals surface area contributed by atoms with Crippen molar-refractivity contribution in [3.8, 4) is 0 Å². The van der Waals surface area contributed by atoms with E-state index < -0.39 is 0 Å². The molecule has 2 nitrogen and oxygen atoms in total. The van der Waals surface area contributed by atoms with Crippen molar-refractivity contribution in [3.05, 3.63) is 63.1 Å². The van der Waals surface area contributed by atoms with Crippen LogP contribution in [-0.2, 0) is 6.42 Å². The Morgan fingerprint density at radius 2 is 1.83 bits per heavy atom. The minimum atomic E-state index is 0.00604. The fourth-order valence-corrected chi connectivity index (χ4v) is 2.17. The van der Waals surface area contributed by atoms with Crippen LogP contribution in [0.5, 0.6) is 0 Å². The molecule has 0 saturated heterocycles. The number of ketones is 1. The molecule has 0 aliphatic rings. The van der Waals surface area contributed by atoms with Gasteiger partial charge in [0.25, 0.3) is 0 Å². The van der Waals surface area contributed by atoms with E-state index in [0.717, 1.165) is 10.0 Å². The first-order valence-electron chi connectivity index (χ1n) is 5.38. The Hall–Kier alpha value is -1.32. The number of hydrogen-bond donors (Lipinski definition) is 1. The summed E-state index contributed by atoms with van der Waals surface area (Å²) in [6.45, 7) is 0. The van der Waals surface area contributed by atoms with E-state index in [1.165, 1.54) is 0 Å². The van der Waals surface area contributed by atoms with Crippen molar-refractivity contribution in [3.63, 3.8) is 0 Å². The van der Waals surface area contributed by atoms with E-state index in [-0.39, 0.29) is 5.78 Å². The molecule has 0 aromatic heterocycles. The highest BCUT2D eigenvalue weighted by molar-refractivity contribution is 9.10. The predicted molar refractivity (Wildman–Crippen MR) is 78.0 cm³/mol. The van der Waals surface area contributed by atoms with Crippen LogP contribution in [0.4, 0.5) is 5.69 Å². The molecule has 0 atom stereocenters. The lowest BCUT2D eigenvalue weighted by Crippen LogP contribution is -2.04. The second-order valence-corrected chi connectivity index (χ2v) is 5.35. The van der Waals surface area contributed by atoms with Crippen LogP contribution >= 0.6 is 27.5 Å². The lowest BCUT2D eigenvalue weighted by atomic mass is 10.0. The van der Waals surface area contributed by atoms with Gasteiger partial charge < -0.3 is 5.73 Å². The maximum absolute atomic E-state index is 12.1. The monoisotopic (exact) mass is 323 g/mol. The van der Waals surface area contributed by atoms with Crippen molar-refractivity contribution in [1.29, 1.82) is 0 Å². The predicted octanol–water partition coefficient (Wildman–Crippen LogP) is 4.11. The molecule has 0 bridgehead atoms. The summed E-state index contributed by atoms with van der Waals surface area (Å²) < 4.78 is 0.991. The molecule has 0 radical (unpaired) electrons. The van der Waals surface area contributed by atoms with Gasteiger partial charge >= 0.3 is 0 Å². The van der Waals surface area contributed by atoms with Gasteiger partial charge in [-0.1, -0.05) is 39.7 Å². The van der Waals surface area contributed by atoms with Gasteiger partial charge in [-0.05, 0) is 35.9 Å². The largest absolute Gasteiger partial charge is 0.399 e. The SMILES string of the molecule is Nc1cc(Cl)cc(C(=O)Cc2ccc(Br)cc2)c1. The van der Waals surface area contributed by atoms with E-state index in [1.54, 1.807) is 18.2 Å². The highest BCUT2D eigenvalue weighted by Crippen LogP contribution is 2.19. The molecule has 0 heterocycles. The summed E-state index contributed by atoms with van der Waals surface area (Å²) >= 11 is 9.24. The van der Waals surface area contributed by atoms with Gasteiger partial charge in [0, 0.05) is 27.2 Å². The quantitative estimate of drug-likeness (QED) is 0.682. The van der Waals surface area contributed by atoms with E-state index in [9.17, 15) is 4.79 Å². The number of nitrogens with two attached hydrogens (primary N) is 1. The van der Waals surface area contributed by atoms with Crippen LogP contribution in [0.2, 0.25) is 5.02 Å². The van der Waals surface area contributed by atoms with Crippen molar-refractivity contribution in [2.45, 2.75) is 6.42 Å². The number of rotatable bonds is 3. The van der Waals surface area contributed by atoms with Crippen molar-refractivity contribution >= 4 is 39.0 Å². The van der Waals surface area contributed by atoms with Crippen LogP contribution in [0.1, 0.15) is 15.9 Å². The molecule has 0 aliphatic heterocycles. The third-order valence-electron chi connectivity index (χ3n) is 2.52. The molecule has 0 saturated carbocycles. The van der Waals surface area contributed by atoms with Gasteiger partial charge in [0.2, 0.25) is 0 Å². The summed E-state index contributed by atoms with van der Waals surface area (Å²) in [6, 6.07) is 12.6. The van der Waals surface area contributed by atoms with Gasteiger partial charge in [-0.3, -0.25) is 4.79 Å². The summed E-state index contributed by atoms with van der Waals surface area (Å²) in [7, 11) is 0. The first-order chi connectivity index (χ1) is 8.54. The summed E-state index contributed by atoms with van der Waals surface area (Å²) in [5, 5.41) is 0.481. The van der Waals surface area contributed by atoms with E-state index >= 15 is 0 Å². The van der Waals surface area contributed by atoms with Gasteiger partial charge in [0.1, 0.15) is 0 Å². The van der Waals surface area contributed by atoms with Crippen molar-refractivity contribution in [1.82, 2.24) is 0 Å². The summed E-state index contributed by atoms with van der Waals surface area (Å²) in [4.78, 5) is 12.1. The summed E-state index contributed by atoms with van der Waals surface area (Å²) in [6.07, 6.45) is 0.340. The Morgan fingerprint density at radius 3 is 2.44 bits per heavy atom. The van der Waals surface area contributed by atoms with Crippen LogP contribution in [0.3, 0.4) is 0 Å². The molecular weight excluding hydrogens is 314 g/mol. The Balaban J connectivity index is 2.19. The molecular formula is C14H11BrClNO. The number of carbonyl (C=O) groups excluding carboxylic acids is 1. The molecule has 92 valence electrons. The normalized spacial score (nSPS) is 10.3. The van der Waals surface area contributed by atoms with Gasteiger partial charge in [-0.25, -0.2) is 0 Å². The molecule has 18 heavy (non-hydrogen) atoms. The maximum atomic E-state index is 12.1. The zero-order valence-electron chi connectivity index (χ0n) is 9.49. The van der Waals surface area contributed by atoms with Crippen LogP contribution in [0, 0.1) is 0 Å². The zero-order valence-corrected chi connectivity index (χ0v) is 11.8. The fraction of sp³-hybridized carbons (Fsp3) is 0.0714. The second-order valence-electron chi connectivity index (χ2n) is 4.00. The van der Waals surface area contributed by atoms with Crippen LogP contribution in [0.15, 0.2) is 46.9 Å². The van der Waals surface area contributed by atoms with E-state index in [4.69, 9.17) is 17.3 Å². The molecule has 4 heteroatoms. The highest BCUT2D eigenvalue weighted by Gasteiger charge is 2.08. The van der Waals surface area contributed by atoms with E-state index in [2.05, 4.69) is 15.9 Å².